The van der Waals surface area contributed by atoms with Crippen LogP contribution in [0.15, 0.2) is 35.1 Å². The average molecular weight is 315 g/mol. The monoisotopic (exact) mass is 314 g/mol. The third kappa shape index (κ3) is 3.12. The molecule has 0 fully saturated rings. The third-order valence-corrected chi connectivity index (χ3v) is 3.51. The van der Waals surface area contributed by atoms with Gasteiger partial charge in [0.25, 0.3) is 0 Å². The summed E-state index contributed by atoms with van der Waals surface area (Å²) >= 11 is 12.2. The minimum Gasteiger partial charge on any atom is -0.480 e. The Labute approximate surface area is 125 Å². The van der Waals surface area contributed by atoms with E-state index in [1.165, 1.54) is 6.26 Å². The molecule has 1 aromatic carbocycles. The van der Waals surface area contributed by atoms with E-state index < -0.39 is 12.0 Å². The maximum atomic E-state index is 11.6. The fourth-order valence-electron chi connectivity index (χ4n) is 1.97. The zero-order valence-electron chi connectivity index (χ0n) is 10.6. The van der Waals surface area contributed by atoms with Gasteiger partial charge in [0.05, 0.1) is 5.69 Å². The van der Waals surface area contributed by atoms with Crippen LogP contribution in [0.4, 0.5) is 0 Å². The molecule has 0 saturated carbocycles. The molecule has 0 radical (unpaired) electrons. The Morgan fingerprint density at radius 1 is 1.40 bits per heavy atom. The Kier molecular flexibility index (Phi) is 4.65. The van der Waals surface area contributed by atoms with E-state index in [4.69, 9.17) is 27.7 Å². The highest BCUT2D eigenvalue weighted by Gasteiger charge is 2.29. The van der Waals surface area contributed by atoms with Crippen LogP contribution < -0.4 is 0 Å². The first kappa shape index (κ1) is 14.8. The van der Waals surface area contributed by atoms with Gasteiger partial charge in [-0.1, -0.05) is 34.4 Å². The van der Waals surface area contributed by atoms with Crippen molar-refractivity contribution in [2.24, 2.45) is 0 Å². The van der Waals surface area contributed by atoms with Crippen LogP contribution in [0.3, 0.4) is 0 Å². The highest BCUT2D eigenvalue weighted by molar-refractivity contribution is 6.36. The van der Waals surface area contributed by atoms with Crippen LogP contribution in [0, 0.1) is 0 Å². The molecular weight excluding hydrogens is 303 g/mol. The number of benzene rings is 1. The lowest BCUT2D eigenvalue weighted by atomic mass is 10.1. The highest BCUT2D eigenvalue weighted by Crippen LogP contribution is 2.33. The summed E-state index contributed by atoms with van der Waals surface area (Å²) in [6, 6.07) is 5.60. The Morgan fingerprint density at radius 3 is 2.55 bits per heavy atom. The van der Waals surface area contributed by atoms with E-state index in [1.807, 2.05) is 0 Å². The van der Waals surface area contributed by atoms with E-state index in [0.717, 1.165) is 0 Å². The molecule has 1 unspecified atom stereocenters. The number of hydrogen-bond donors (Lipinski definition) is 1. The Hall–Kier alpha value is -1.56. The van der Waals surface area contributed by atoms with Crippen LogP contribution in [-0.2, 0) is 11.3 Å². The van der Waals surface area contributed by atoms with Crippen LogP contribution >= 0.6 is 23.2 Å². The first-order valence-electron chi connectivity index (χ1n) is 5.77. The van der Waals surface area contributed by atoms with Crippen molar-refractivity contribution in [3.05, 3.63) is 51.8 Å². The van der Waals surface area contributed by atoms with Crippen molar-refractivity contribution in [3.8, 4) is 0 Å². The van der Waals surface area contributed by atoms with Gasteiger partial charge in [0, 0.05) is 28.2 Å². The second-order valence-electron chi connectivity index (χ2n) is 4.28. The predicted molar refractivity (Wildman–Crippen MR) is 74.8 cm³/mol. The molecule has 1 atom stereocenters. The summed E-state index contributed by atoms with van der Waals surface area (Å²) in [5, 5.41) is 13.9. The number of likely N-dealkylation sites (N-methyl/N-ethyl adjacent to an activating group) is 1. The maximum absolute atomic E-state index is 11.6. The summed E-state index contributed by atoms with van der Waals surface area (Å²) in [4.78, 5) is 13.2. The Morgan fingerprint density at radius 2 is 2.05 bits per heavy atom. The van der Waals surface area contributed by atoms with Gasteiger partial charge in [-0.15, -0.1) is 0 Å². The van der Waals surface area contributed by atoms with Gasteiger partial charge >= 0.3 is 5.97 Å². The van der Waals surface area contributed by atoms with Gasteiger partial charge in [-0.3, -0.25) is 9.69 Å². The molecule has 0 spiro atoms. The number of nitrogens with zero attached hydrogens (tertiary/aromatic N) is 2. The SMILES string of the molecule is CN(Cc1ccon1)C(C(=O)O)c1c(Cl)cccc1Cl. The van der Waals surface area contributed by atoms with Crippen LogP contribution in [0.25, 0.3) is 0 Å². The molecule has 5 nitrogen and oxygen atoms in total. The molecule has 2 rings (SSSR count). The summed E-state index contributed by atoms with van der Waals surface area (Å²) in [5.41, 5.74) is 0.997. The largest absolute Gasteiger partial charge is 0.480 e. The van der Waals surface area contributed by atoms with E-state index in [2.05, 4.69) is 5.16 Å². The van der Waals surface area contributed by atoms with Crippen LogP contribution in [0.2, 0.25) is 10.0 Å². The molecular formula is C13H12Cl2N2O3. The summed E-state index contributed by atoms with van der Waals surface area (Å²) in [5.74, 6) is -1.04. The highest BCUT2D eigenvalue weighted by atomic mass is 35.5. The molecule has 1 aromatic heterocycles. The molecule has 0 bridgehead atoms. The average Bonchev–Trinajstić information content (AvgIpc) is 2.86. The number of halogens is 2. The first-order valence-corrected chi connectivity index (χ1v) is 6.52. The summed E-state index contributed by atoms with van der Waals surface area (Å²) in [6.45, 7) is 0.301. The second kappa shape index (κ2) is 6.26. The zero-order valence-corrected chi connectivity index (χ0v) is 12.1. The summed E-state index contributed by atoms with van der Waals surface area (Å²) in [7, 11) is 1.66. The second-order valence-corrected chi connectivity index (χ2v) is 5.10. The van der Waals surface area contributed by atoms with E-state index in [-0.39, 0.29) is 0 Å². The van der Waals surface area contributed by atoms with E-state index in [0.29, 0.717) is 27.8 Å². The summed E-state index contributed by atoms with van der Waals surface area (Å²) < 4.78 is 4.73. The minimum atomic E-state index is -1.04. The zero-order chi connectivity index (χ0) is 14.7. The standard InChI is InChI=1S/C13H12Cl2N2O3/c1-17(7-8-5-6-20-16-8)12(13(18)19)11-9(14)3-2-4-10(11)15/h2-6,12H,7H2,1H3,(H,18,19). The molecule has 1 heterocycles. The van der Waals surface area contributed by atoms with Gasteiger partial charge in [-0.25, -0.2) is 0 Å². The number of aliphatic carboxylic acids is 1. The molecule has 0 aliphatic carbocycles. The first-order chi connectivity index (χ1) is 9.50. The lowest BCUT2D eigenvalue weighted by molar-refractivity contribution is -0.143. The van der Waals surface area contributed by atoms with E-state index >= 15 is 0 Å². The molecule has 0 amide bonds. The van der Waals surface area contributed by atoms with Gasteiger partial charge in [0.1, 0.15) is 12.3 Å². The van der Waals surface area contributed by atoms with Gasteiger partial charge in [-0.05, 0) is 19.2 Å². The fourth-order valence-corrected chi connectivity index (χ4v) is 2.57. The van der Waals surface area contributed by atoms with Crippen molar-refractivity contribution >= 4 is 29.2 Å². The van der Waals surface area contributed by atoms with Crippen molar-refractivity contribution in [3.63, 3.8) is 0 Å². The third-order valence-electron chi connectivity index (χ3n) is 2.85. The molecule has 20 heavy (non-hydrogen) atoms. The van der Waals surface area contributed by atoms with Gasteiger partial charge in [0.15, 0.2) is 0 Å². The lowest BCUT2D eigenvalue weighted by Crippen LogP contribution is -2.31. The fraction of sp³-hybridized carbons (Fsp3) is 0.231. The van der Waals surface area contributed by atoms with Crippen molar-refractivity contribution in [1.82, 2.24) is 10.1 Å². The number of carboxylic acid groups (broad SMARTS) is 1. The quantitative estimate of drug-likeness (QED) is 0.917. The molecule has 0 aliphatic heterocycles. The van der Waals surface area contributed by atoms with Crippen LogP contribution in [-0.4, -0.2) is 28.2 Å². The molecule has 7 heteroatoms. The number of carboxylic acids is 1. The Bertz CT molecular complexity index is 581. The minimum absolute atomic E-state index is 0.301. The van der Waals surface area contributed by atoms with E-state index in [1.54, 1.807) is 36.2 Å². The van der Waals surface area contributed by atoms with Gasteiger partial charge in [-0.2, -0.15) is 0 Å². The molecule has 1 N–H and O–H groups in total. The number of carbonyl (C=O) groups is 1. The number of hydrogen-bond acceptors (Lipinski definition) is 4. The van der Waals surface area contributed by atoms with Crippen LogP contribution in [0.1, 0.15) is 17.3 Å². The topological polar surface area (TPSA) is 66.6 Å². The summed E-state index contributed by atoms with van der Waals surface area (Å²) in [6.07, 6.45) is 1.43. The predicted octanol–water partition coefficient (Wildman–Crippen LogP) is 3.24. The van der Waals surface area contributed by atoms with Crippen molar-refractivity contribution in [1.29, 1.82) is 0 Å². The number of aromatic nitrogens is 1. The molecule has 0 aliphatic rings. The molecule has 2 aromatic rings. The van der Waals surface area contributed by atoms with Crippen molar-refractivity contribution in [2.75, 3.05) is 7.05 Å². The van der Waals surface area contributed by atoms with E-state index in [9.17, 15) is 9.90 Å². The van der Waals surface area contributed by atoms with Gasteiger partial charge in [0.2, 0.25) is 0 Å². The molecule has 0 saturated heterocycles. The Balaban J connectivity index is 2.34. The van der Waals surface area contributed by atoms with Crippen molar-refractivity contribution < 1.29 is 14.4 Å². The number of rotatable bonds is 5. The van der Waals surface area contributed by atoms with Gasteiger partial charge < -0.3 is 9.63 Å². The van der Waals surface area contributed by atoms with Crippen molar-refractivity contribution in [2.45, 2.75) is 12.6 Å². The molecule has 106 valence electrons. The lowest BCUT2D eigenvalue weighted by Gasteiger charge is -2.25. The normalized spacial score (nSPS) is 12.6. The maximum Gasteiger partial charge on any atom is 0.325 e. The smallest absolute Gasteiger partial charge is 0.325 e. The van der Waals surface area contributed by atoms with Crippen LogP contribution in [0.5, 0.6) is 0 Å².